The van der Waals surface area contributed by atoms with Crippen molar-refractivity contribution in [2.45, 2.75) is 44.1 Å². The Morgan fingerprint density at radius 2 is 1.89 bits per heavy atom. The quantitative estimate of drug-likeness (QED) is 0.798. The molecule has 0 saturated carbocycles. The van der Waals surface area contributed by atoms with Crippen LogP contribution in [0, 0.1) is 5.82 Å². The number of carbonyl (C=O) groups is 1. The molecule has 1 N–H and O–H groups in total. The summed E-state index contributed by atoms with van der Waals surface area (Å²) in [6.07, 6.45) is -3.31. The zero-order valence-electron chi connectivity index (χ0n) is 14.3. The fourth-order valence-electron chi connectivity index (χ4n) is 2.99. The van der Waals surface area contributed by atoms with Crippen LogP contribution >= 0.6 is 0 Å². The van der Waals surface area contributed by atoms with Gasteiger partial charge in [-0.25, -0.2) is 14.4 Å². The maximum Gasteiger partial charge on any atom is 0.429 e. The summed E-state index contributed by atoms with van der Waals surface area (Å²) in [4.78, 5) is 19.0. The molecule has 1 saturated heterocycles. The third kappa shape index (κ3) is 4.41. The van der Waals surface area contributed by atoms with Gasteiger partial charge >= 0.3 is 12.2 Å². The third-order valence-corrected chi connectivity index (χ3v) is 4.40. The predicted molar refractivity (Wildman–Crippen MR) is 87.4 cm³/mol. The van der Waals surface area contributed by atoms with Crippen LogP contribution in [0.4, 0.5) is 17.6 Å². The fourth-order valence-corrected chi connectivity index (χ4v) is 2.99. The first-order valence-electron chi connectivity index (χ1n) is 8.32. The van der Waals surface area contributed by atoms with Crippen molar-refractivity contribution in [1.29, 1.82) is 0 Å². The van der Waals surface area contributed by atoms with Crippen molar-refractivity contribution in [2.24, 2.45) is 0 Å². The van der Waals surface area contributed by atoms with E-state index in [1.54, 1.807) is 0 Å². The first-order chi connectivity index (χ1) is 12.8. The summed E-state index contributed by atoms with van der Waals surface area (Å²) in [6, 6.07) is 3.61. The monoisotopic (exact) mass is 383 g/mol. The number of benzene rings is 1. The summed E-state index contributed by atoms with van der Waals surface area (Å²) in [7, 11) is 0. The molecule has 0 radical (unpaired) electrons. The van der Waals surface area contributed by atoms with Gasteiger partial charge in [0.25, 0.3) is 0 Å². The average molecular weight is 383 g/mol. The number of ether oxygens (including phenoxy) is 1. The van der Waals surface area contributed by atoms with Gasteiger partial charge in [-0.2, -0.15) is 13.2 Å². The van der Waals surface area contributed by atoms with Gasteiger partial charge in [0.05, 0.1) is 6.04 Å². The molecule has 0 amide bonds. The molecule has 1 aromatic carbocycles. The second-order valence-corrected chi connectivity index (χ2v) is 6.32. The molecule has 3 rings (SSSR count). The van der Waals surface area contributed by atoms with Gasteiger partial charge < -0.3 is 10.1 Å². The SMILES string of the molecule is CC(=O)[C@@H]1CC[C@H](c2cnc(OC(c3ccccc3F)C(F)(F)F)nc2)N1. The molecule has 2 aromatic rings. The van der Waals surface area contributed by atoms with Gasteiger partial charge in [0.15, 0.2) is 0 Å². The number of ketones is 1. The van der Waals surface area contributed by atoms with Crippen LogP contribution in [-0.4, -0.2) is 28.0 Å². The molecule has 3 atom stereocenters. The van der Waals surface area contributed by atoms with Crippen molar-refractivity contribution >= 4 is 5.78 Å². The summed E-state index contributed by atoms with van der Waals surface area (Å²) < 4.78 is 58.6. The van der Waals surface area contributed by atoms with Gasteiger partial charge in [-0.05, 0) is 25.8 Å². The highest BCUT2D eigenvalue weighted by Gasteiger charge is 2.45. The van der Waals surface area contributed by atoms with Crippen LogP contribution < -0.4 is 10.1 Å². The molecule has 0 spiro atoms. The van der Waals surface area contributed by atoms with Gasteiger partial charge in [-0.3, -0.25) is 4.79 Å². The lowest BCUT2D eigenvalue weighted by Crippen LogP contribution is -2.30. The van der Waals surface area contributed by atoms with Gasteiger partial charge in [0.2, 0.25) is 6.10 Å². The molecule has 2 heterocycles. The van der Waals surface area contributed by atoms with Gasteiger partial charge in [-0.1, -0.05) is 18.2 Å². The number of nitrogens with one attached hydrogen (secondary N) is 1. The van der Waals surface area contributed by atoms with E-state index in [1.807, 2.05) is 0 Å². The summed E-state index contributed by atoms with van der Waals surface area (Å²) >= 11 is 0. The zero-order valence-corrected chi connectivity index (χ0v) is 14.3. The predicted octanol–water partition coefficient (Wildman–Crippen LogP) is 3.68. The molecular weight excluding hydrogens is 366 g/mol. The van der Waals surface area contributed by atoms with E-state index in [1.165, 1.54) is 31.5 Å². The van der Waals surface area contributed by atoms with Crippen molar-refractivity contribution in [3.8, 4) is 6.01 Å². The van der Waals surface area contributed by atoms with Crippen LogP contribution in [0.25, 0.3) is 0 Å². The average Bonchev–Trinajstić information content (AvgIpc) is 3.10. The third-order valence-electron chi connectivity index (χ3n) is 4.40. The van der Waals surface area contributed by atoms with E-state index in [2.05, 4.69) is 15.3 Å². The van der Waals surface area contributed by atoms with Crippen LogP contribution in [0.15, 0.2) is 36.7 Å². The highest BCUT2D eigenvalue weighted by Crippen LogP contribution is 2.37. The number of hydrogen-bond acceptors (Lipinski definition) is 5. The topological polar surface area (TPSA) is 64.1 Å². The lowest BCUT2D eigenvalue weighted by Gasteiger charge is -2.21. The van der Waals surface area contributed by atoms with Crippen LogP contribution in [-0.2, 0) is 4.79 Å². The number of hydrogen-bond donors (Lipinski definition) is 1. The zero-order chi connectivity index (χ0) is 19.6. The molecule has 27 heavy (non-hydrogen) atoms. The summed E-state index contributed by atoms with van der Waals surface area (Å²) in [5, 5.41) is 3.12. The first-order valence-corrected chi connectivity index (χ1v) is 8.32. The Bertz CT molecular complexity index is 811. The maximum absolute atomic E-state index is 13.8. The molecule has 1 aliphatic heterocycles. The summed E-state index contributed by atoms with van der Waals surface area (Å²) in [6.45, 7) is 1.49. The van der Waals surface area contributed by atoms with Crippen molar-refractivity contribution in [1.82, 2.24) is 15.3 Å². The number of halogens is 4. The Hall–Kier alpha value is -2.55. The van der Waals surface area contributed by atoms with Crippen molar-refractivity contribution in [3.63, 3.8) is 0 Å². The van der Waals surface area contributed by atoms with Crippen LogP contribution in [0.1, 0.15) is 43.0 Å². The molecule has 1 unspecified atom stereocenters. The fraction of sp³-hybridized carbons (Fsp3) is 0.389. The highest BCUT2D eigenvalue weighted by molar-refractivity contribution is 5.81. The minimum absolute atomic E-state index is 0.0243. The van der Waals surface area contributed by atoms with E-state index in [4.69, 9.17) is 4.74 Å². The lowest BCUT2D eigenvalue weighted by atomic mass is 10.1. The van der Waals surface area contributed by atoms with Crippen molar-refractivity contribution in [3.05, 3.63) is 53.6 Å². The number of rotatable bonds is 5. The van der Waals surface area contributed by atoms with E-state index in [0.29, 0.717) is 18.4 Å². The van der Waals surface area contributed by atoms with Crippen LogP contribution in [0.5, 0.6) is 6.01 Å². The largest absolute Gasteiger partial charge is 0.445 e. The lowest BCUT2D eigenvalue weighted by molar-refractivity contribution is -0.200. The smallest absolute Gasteiger partial charge is 0.429 e. The molecule has 1 aromatic heterocycles. The molecule has 9 heteroatoms. The van der Waals surface area contributed by atoms with E-state index in [0.717, 1.165) is 12.1 Å². The Morgan fingerprint density at radius 1 is 1.22 bits per heavy atom. The molecule has 5 nitrogen and oxygen atoms in total. The van der Waals surface area contributed by atoms with Crippen molar-refractivity contribution < 1.29 is 27.1 Å². The molecule has 144 valence electrons. The standard InChI is InChI=1S/C18H17F4N3O2/c1-10(26)14-6-7-15(25-14)11-8-23-17(24-9-11)27-16(18(20,21)22)12-4-2-3-5-13(12)19/h2-5,8-9,14-16,25H,6-7H2,1H3/t14-,15+,16?/m0/s1. The number of Topliss-reactive ketones (excluding diaryl/α,β-unsaturated/α-hetero) is 1. The Labute approximate surface area is 152 Å². The maximum atomic E-state index is 13.8. The minimum atomic E-state index is -4.84. The Morgan fingerprint density at radius 3 is 2.44 bits per heavy atom. The second-order valence-electron chi connectivity index (χ2n) is 6.32. The number of alkyl halides is 3. The Kier molecular flexibility index (Phi) is 5.41. The van der Waals surface area contributed by atoms with E-state index in [-0.39, 0.29) is 17.9 Å². The molecular formula is C18H17F4N3O2. The van der Waals surface area contributed by atoms with Gasteiger partial charge in [-0.15, -0.1) is 0 Å². The number of aromatic nitrogens is 2. The van der Waals surface area contributed by atoms with Crippen LogP contribution in [0.3, 0.4) is 0 Å². The summed E-state index contributed by atoms with van der Waals surface area (Å²) in [5.41, 5.74) is -0.0000125. The van der Waals surface area contributed by atoms with Crippen LogP contribution in [0.2, 0.25) is 0 Å². The molecule has 0 aliphatic carbocycles. The van der Waals surface area contributed by atoms with Crippen molar-refractivity contribution in [2.75, 3.05) is 0 Å². The van der Waals surface area contributed by atoms with Gasteiger partial charge in [0, 0.05) is 29.6 Å². The first kappa shape index (κ1) is 19.2. The van der Waals surface area contributed by atoms with Gasteiger partial charge in [0.1, 0.15) is 11.6 Å². The molecule has 0 bridgehead atoms. The summed E-state index contributed by atoms with van der Waals surface area (Å²) in [5.74, 6) is -1.00. The normalized spacial score (nSPS) is 21.1. The van der Waals surface area contributed by atoms with E-state index < -0.39 is 29.7 Å². The second kappa shape index (κ2) is 7.59. The molecule has 1 fully saturated rings. The number of carbonyl (C=O) groups excluding carboxylic acids is 1. The highest BCUT2D eigenvalue weighted by atomic mass is 19.4. The number of nitrogens with zero attached hydrogens (tertiary/aromatic N) is 2. The van der Waals surface area contributed by atoms with E-state index >= 15 is 0 Å². The van der Waals surface area contributed by atoms with E-state index in [9.17, 15) is 22.4 Å². The minimum Gasteiger partial charge on any atom is -0.445 e. The Balaban J connectivity index is 1.76. The molecule has 1 aliphatic rings.